The first-order valence-electron chi connectivity index (χ1n) is 6.15. The molecule has 1 heterocycles. The molecule has 1 aromatic rings. The largest absolute Gasteiger partial charge is 0.477 e. The first-order valence-corrected chi connectivity index (χ1v) is 6.15. The maximum atomic E-state index is 12.6. The van der Waals surface area contributed by atoms with Crippen LogP contribution in [0.25, 0.3) is 5.57 Å². The van der Waals surface area contributed by atoms with Crippen LogP contribution in [0, 0.1) is 0 Å². The maximum absolute atomic E-state index is 12.6. The SMILES string of the molecule is CC1=C(c2ccccc2)C(=O)N(C(C)(C)C=O)CO1. The number of nitrogens with zero attached hydrogens (tertiary/aromatic N) is 1. The number of carbonyl (C=O) groups excluding carboxylic acids is 2. The monoisotopic (exact) mass is 259 g/mol. The zero-order valence-electron chi connectivity index (χ0n) is 11.3. The number of hydrogen-bond donors (Lipinski definition) is 0. The van der Waals surface area contributed by atoms with Crippen molar-refractivity contribution in [1.29, 1.82) is 0 Å². The molecule has 0 saturated heterocycles. The van der Waals surface area contributed by atoms with Gasteiger partial charge in [-0.25, -0.2) is 0 Å². The first-order chi connectivity index (χ1) is 8.97. The topological polar surface area (TPSA) is 46.6 Å². The molecule has 0 aromatic heterocycles. The van der Waals surface area contributed by atoms with Crippen LogP contribution in [0.1, 0.15) is 26.3 Å². The van der Waals surface area contributed by atoms with Gasteiger partial charge in [0, 0.05) is 0 Å². The van der Waals surface area contributed by atoms with Crippen molar-refractivity contribution in [1.82, 2.24) is 4.90 Å². The highest BCUT2D eigenvalue weighted by molar-refractivity contribution is 6.21. The summed E-state index contributed by atoms with van der Waals surface area (Å²) in [6.07, 6.45) is 0.761. The van der Waals surface area contributed by atoms with Crippen LogP contribution in [0.2, 0.25) is 0 Å². The molecule has 0 N–H and O–H groups in total. The van der Waals surface area contributed by atoms with Crippen molar-refractivity contribution in [3.05, 3.63) is 41.7 Å². The lowest BCUT2D eigenvalue weighted by molar-refractivity contribution is -0.143. The Labute approximate surface area is 112 Å². The molecule has 0 atom stereocenters. The normalized spacial score (nSPS) is 16.4. The molecule has 0 fully saturated rings. The van der Waals surface area contributed by atoms with Gasteiger partial charge in [0.2, 0.25) is 0 Å². The molecule has 19 heavy (non-hydrogen) atoms. The van der Waals surface area contributed by atoms with E-state index in [0.29, 0.717) is 11.3 Å². The Morgan fingerprint density at radius 2 is 1.89 bits per heavy atom. The second-order valence-electron chi connectivity index (χ2n) is 5.08. The number of carbonyl (C=O) groups is 2. The summed E-state index contributed by atoms with van der Waals surface area (Å²) in [6.45, 7) is 5.27. The molecule has 0 bridgehead atoms. The lowest BCUT2D eigenvalue weighted by Gasteiger charge is -2.38. The Morgan fingerprint density at radius 1 is 1.26 bits per heavy atom. The van der Waals surface area contributed by atoms with E-state index in [1.807, 2.05) is 30.3 Å². The molecule has 2 rings (SSSR count). The fourth-order valence-electron chi connectivity index (χ4n) is 2.00. The number of aldehydes is 1. The second kappa shape index (κ2) is 4.88. The summed E-state index contributed by atoms with van der Waals surface area (Å²) in [7, 11) is 0. The minimum atomic E-state index is -0.877. The molecule has 1 amide bonds. The van der Waals surface area contributed by atoms with Crippen molar-refractivity contribution in [2.75, 3.05) is 6.73 Å². The van der Waals surface area contributed by atoms with Crippen molar-refractivity contribution in [2.45, 2.75) is 26.3 Å². The van der Waals surface area contributed by atoms with E-state index in [1.54, 1.807) is 20.8 Å². The second-order valence-corrected chi connectivity index (χ2v) is 5.08. The van der Waals surface area contributed by atoms with E-state index < -0.39 is 5.54 Å². The minimum Gasteiger partial charge on any atom is -0.477 e. The Balaban J connectivity index is 2.43. The van der Waals surface area contributed by atoms with Gasteiger partial charge in [-0.1, -0.05) is 30.3 Å². The highest BCUT2D eigenvalue weighted by Crippen LogP contribution is 2.29. The lowest BCUT2D eigenvalue weighted by Crippen LogP contribution is -2.52. The number of benzene rings is 1. The van der Waals surface area contributed by atoms with E-state index in [-0.39, 0.29) is 12.6 Å². The third kappa shape index (κ3) is 2.38. The van der Waals surface area contributed by atoms with Gasteiger partial charge in [-0.2, -0.15) is 0 Å². The summed E-state index contributed by atoms with van der Waals surface area (Å²) >= 11 is 0. The molecule has 1 aliphatic rings. The van der Waals surface area contributed by atoms with Gasteiger partial charge in [0.25, 0.3) is 5.91 Å². The Morgan fingerprint density at radius 3 is 2.47 bits per heavy atom. The van der Waals surface area contributed by atoms with Gasteiger partial charge >= 0.3 is 0 Å². The van der Waals surface area contributed by atoms with E-state index >= 15 is 0 Å². The van der Waals surface area contributed by atoms with Gasteiger partial charge in [0.15, 0.2) is 6.73 Å². The van der Waals surface area contributed by atoms with Crippen LogP contribution in [-0.4, -0.2) is 29.4 Å². The molecule has 100 valence electrons. The van der Waals surface area contributed by atoms with E-state index in [2.05, 4.69) is 0 Å². The summed E-state index contributed by atoms with van der Waals surface area (Å²) in [5.74, 6) is 0.418. The Bertz CT molecular complexity index is 532. The molecule has 1 aromatic carbocycles. The third-order valence-corrected chi connectivity index (χ3v) is 3.27. The number of allylic oxidation sites excluding steroid dienone is 1. The van der Waals surface area contributed by atoms with Crippen LogP contribution in [0.3, 0.4) is 0 Å². The summed E-state index contributed by atoms with van der Waals surface area (Å²) in [5, 5.41) is 0. The minimum absolute atomic E-state index is 0.104. The van der Waals surface area contributed by atoms with Gasteiger partial charge in [0.05, 0.1) is 11.1 Å². The summed E-state index contributed by atoms with van der Waals surface area (Å²) in [6, 6.07) is 9.34. The van der Waals surface area contributed by atoms with Gasteiger partial charge in [-0.05, 0) is 26.3 Å². The van der Waals surface area contributed by atoms with Crippen molar-refractivity contribution in [2.24, 2.45) is 0 Å². The first kappa shape index (κ1) is 13.3. The summed E-state index contributed by atoms with van der Waals surface area (Å²) in [5.41, 5.74) is 0.441. The van der Waals surface area contributed by atoms with E-state index in [9.17, 15) is 9.59 Å². The number of rotatable bonds is 3. The van der Waals surface area contributed by atoms with E-state index in [1.165, 1.54) is 4.90 Å². The smallest absolute Gasteiger partial charge is 0.261 e. The molecular formula is C15H17NO3. The van der Waals surface area contributed by atoms with Crippen LogP contribution in [0.4, 0.5) is 0 Å². The van der Waals surface area contributed by atoms with Crippen LogP contribution < -0.4 is 0 Å². The molecule has 4 heteroatoms. The van der Waals surface area contributed by atoms with Gasteiger partial charge in [-0.15, -0.1) is 0 Å². The lowest BCUT2D eigenvalue weighted by atomic mass is 9.98. The maximum Gasteiger partial charge on any atom is 0.261 e. The number of ether oxygens (including phenoxy) is 1. The fraction of sp³-hybridized carbons (Fsp3) is 0.333. The highest BCUT2D eigenvalue weighted by atomic mass is 16.5. The van der Waals surface area contributed by atoms with Crippen molar-refractivity contribution in [3.63, 3.8) is 0 Å². The Hall–Kier alpha value is -2.10. The van der Waals surface area contributed by atoms with E-state index in [4.69, 9.17) is 4.74 Å². The van der Waals surface area contributed by atoms with Crippen LogP contribution in [0.15, 0.2) is 36.1 Å². The number of amides is 1. The summed E-state index contributed by atoms with van der Waals surface area (Å²) < 4.78 is 5.54. The zero-order chi connectivity index (χ0) is 14.0. The predicted octanol–water partition coefficient (Wildman–Crippen LogP) is 2.21. The van der Waals surface area contributed by atoms with Crippen LogP contribution in [0.5, 0.6) is 0 Å². The molecule has 4 nitrogen and oxygen atoms in total. The van der Waals surface area contributed by atoms with Gasteiger partial charge < -0.3 is 9.53 Å². The highest BCUT2D eigenvalue weighted by Gasteiger charge is 2.37. The molecular weight excluding hydrogens is 242 g/mol. The molecule has 0 unspecified atom stereocenters. The van der Waals surface area contributed by atoms with E-state index in [0.717, 1.165) is 11.8 Å². The fourth-order valence-corrected chi connectivity index (χ4v) is 2.00. The molecule has 0 saturated carbocycles. The third-order valence-electron chi connectivity index (χ3n) is 3.27. The molecule has 0 aliphatic carbocycles. The van der Waals surface area contributed by atoms with Crippen LogP contribution in [-0.2, 0) is 14.3 Å². The predicted molar refractivity (Wildman–Crippen MR) is 72.0 cm³/mol. The van der Waals surface area contributed by atoms with Crippen molar-refractivity contribution >= 4 is 17.8 Å². The number of hydrogen-bond acceptors (Lipinski definition) is 3. The average Bonchev–Trinajstić information content (AvgIpc) is 2.39. The van der Waals surface area contributed by atoms with Gasteiger partial charge in [0.1, 0.15) is 12.0 Å². The standard InChI is InChI=1S/C15H17NO3/c1-11-13(12-7-5-4-6-8-12)14(18)16(10-19-11)15(2,3)9-17/h4-9H,10H2,1-3H3. The molecule has 0 spiro atoms. The van der Waals surface area contributed by atoms with Crippen molar-refractivity contribution in [3.8, 4) is 0 Å². The zero-order valence-corrected chi connectivity index (χ0v) is 11.3. The Kier molecular flexibility index (Phi) is 3.42. The summed E-state index contributed by atoms with van der Waals surface area (Å²) in [4.78, 5) is 25.1. The average molecular weight is 259 g/mol. The quantitative estimate of drug-likeness (QED) is 0.782. The van der Waals surface area contributed by atoms with Crippen molar-refractivity contribution < 1.29 is 14.3 Å². The molecule has 0 radical (unpaired) electrons. The van der Waals surface area contributed by atoms with Crippen LogP contribution >= 0.6 is 0 Å². The van der Waals surface area contributed by atoms with Gasteiger partial charge in [-0.3, -0.25) is 9.69 Å². The molecule has 1 aliphatic heterocycles.